The number of hydrogen-bond acceptors (Lipinski definition) is 4. The van der Waals surface area contributed by atoms with Gasteiger partial charge >= 0.3 is 0 Å². The molecule has 0 aliphatic heterocycles. The minimum absolute atomic E-state index is 0.287. The highest BCUT2D eigenvalue weighted by atomic mass is 32.1. The largest absolute Gasteiger partial charge is 0.302 e. The van der Waals surface area contributed by atoms with Crippen molar-refractivity contribution >= 4 is 11.3 Å². The number of hydrogen-bond donors (Lipinski definition) is 1. The molecule has 0 spiro atoms. The first kappa shape index (κ1) is 13.8. The normalized spacial score (nSPS) is 18.2. The molecule has 2 heterocycles. The fraction of sp³-hybridized carbons (Fsp3) is 0.600. The SMILES string of the molecule is CC(NCc1ccn(C2CCCCC2)n1)c1nccs1. The molecule has 1 aliphatic rings. The molecule has 0 radical (unpaired) electrons. The maximum Gasteiger partial charge on any atom is 0.109 e. The average Bonchev–Trinajstić information content (AvgIpc) is 3.17. The summed E-state index contributed by atoms with van der Waals surface area (Å²) in [7, 11) is 0. The highest BCUT2D eigenvalue weighted by Gasteiger charge is 2.16. The molecular formula is C15H22N4S. The van der Waals surface area contributed by atoms with E-state index in [9.17, 15) is 0 Å². The maximum absolute atomic E-state index is 4.72. The fourth-order valence-corrected chi connectivity index (χ4v) is 3.48. The van der Waals surface area contributed by atoms with Gasteiger partial charge in [0.2, 0.25) is 0 Å². The second-order valence-corrected chi connectivity index (χ2v) is 6.48. The lowest BCUT2D eigenvalue weighted by Crippen LogP contribution is -2.19. The Morgan fingerprint density at radius 1 is 1.40 bits per heavy atom. The first-order valence-electron chi connectivity index (χ1n) is 7.50. The average molecular weight is 290 g/mol. The Hall–Kier alpha value is -1.20. The van der Waals surface area contributed by atoms with Crippen molar-refractivity contribution in [3.05, 3.63) is 34.5 Å². The molecule has 20 heavy (non-hydrogen) atoms. The Kier molecular flexibility index (Phi) is 4.47. The van der Waals surface area contributed by atoms with E-state index in [0.717, 1.165) is 17.2 Å². The van der Waals surface area contributed by atoms with E-state index in [-0.39, 0.29) is 6.04 Å². The van der Waals surface area contributed by atoms with Crippen molar-refractivity contribution in [2.24, 2.45) is 0 Å². The van der Waals surface area contributed by atoms with Crippen LogP contribution in [0, 0.1) is 0 Å². The van der Waals surface area contributed by atoms with Gasteiger partial charge in [-0.15, -0.1) is 11.3 Å². The number of nitrogens with one attached hydrogen (secondary N) is 1. The number of aromatic nitrogens is 3. The van der Waals surface area contributed by atoms with E-state index in [1.54, 1.807) is 11.3 Å². The summed E-state index contributed by atoms with van der Waals surface area (Å²) < 4.78 is 2.17. The zero-order chi connectivity index (χ0) is 13.8. The second-order valence-electron chi connectivity index (χ2n) is 5.55. The monoisotopic (exact) mass is 290 g/mol. The van der Waals surface area contributed by atoms with Crippen LogP contribution in [0.25, 0.3) is 0 Å². The van der Waals surface area contributed by atoms with E-state index in [4.69, 9.17) is 5.10 Å². The summed E-state index contributed by atoms with van der Waals surface area (Å²) in [4.78, 5) is 4.34. The highest BCUT2D eigenvalue weighted by Crippen LogP contribution is 2.27. The molecular weight excluding hydrogens is 268 g/mol. The van der Waals surface area contributed by atoms with Crippen molar-refractivity contribution in [3.63, 3.8) is 0 Å². The predicted octanol–water partition coefficient (Wildman–Crippen LogP) is 3.70. The molecule has 1 fully saturated rings. The van der Waals surface area contributed by atoms with Crippen LogP contribution in [0.15, 0.2) is 23.8 Å². The topological polar surface area (TPSA) is 42.7 Å². The standard InChI is InChI=1S/C15H22N4S/c1-12(15-16-8-10-20-15)17-11-13-7-9-19(18-13)14-5-3-2-4-6-14/h7-10,12,14,17H,2-6,11H2,1H3. The lowest BCUT2D eigenvalue weighted by atomic mass is 9.96. The van der Waals surface area contributed by atoms with Crippen LogP contribution in [0.4, 0.5) is 0 Å². The van der Waals surface area contributed by atoms with Crippen molar-refractivity contribution < 1.29 is 0 Å². The maximum atomic E-state index is 4.72. The van der Waals surface area contributed by atoms with E-state index in [2.05, 4.69) is 34.2 Å². The molecule has 1 atom stereocenters. The third-order valence-corrected chi connectivity index (χ3v) is 4.98. The van der Waals surface area contributed by atoms with Gasteiger partial charge in [0.1, 0.15) is 5.01 Å². The van der Waals surface area contributed by atoms with Crippen LogP contribution in [0.3, 0.4) is 0 Å². The van der Waals surface area contributed by atoms with Crippen molar-refractivity contribution in [3.8, 4) is 0 Å². The van der Waals surface area contributed by atoms with Crippen LogP contribution in [0.2, 0.25) is 0 Å². The van der Waals surface area contributed by atoms with Crippen molar-refractivity contribution in [1.82, 2.24) is 20.1 Å². The van der Waals surface area contributed by atoms with E-state index in [0.29, 0.717) is 6.04 Å². The van der Waals surface area contributed by atoms with Gasteiger partial charge in [0.25, 0.3) is 0 Å². The Morgan fingerprint density at radius 2 is 2.25 bits per heavy atom. The zero-order valence-electron chi connectivity index (χ0n) is 12.0. The lowest BCUT2D eigenvalue weighted by molar-refractivity contribution is 0.327. The third-order valence-electron chi connectivity index (χ3n) is 4.02. The molecule has 0 aromatic carbocycles. The first-order valence-corrected chi connectivity index (χ1v) is 8.37. The molecule has 1 unspecified atom stereocenters. The van der Waals surface area contributed by atoms with Crippen LogP contribution < -0.4 is 5.32 Å². The Morgan fingerprint density at radius 3 is 3.00 bits per heavy atom. The molecule has 2 aromatic rings. The van der Waals surface area contributed by atoms with Crippen LogP contribution in [-0.2, 0) is 6.54 Å². The number of rotatable bonds is 5. The van der Waals surface area contributed by atoms with Gasteiger partial charge in [0.15, 0.2) is 0 Å². The molecule has 4 nitrogen and oxygen atoms in total. The van der Waals surface area contributed by atoms with Gasteiger partial charge in [0, 0.05) is 24.3 Å². The quantitative estimate of drug-likeness (QED) is 0.913. The van der Waals surface area contributed by atoms with Crippen LogP contribution in [-0.4, -0.2) is 14.8 Å². The van der Waals surface area contributed by atoms with E-state index < -0.39 is 0 Å². The Labute approximate surface area is 124 Å². The molecule has 0 saturated heterocycles. The molecule has 5 heteroatoms. The van der Waals surface area contributed by atoms with Gasteiger partial charge in [-0.1, -0.05) is 19.3 Å². The zero-order valence-corrected chi connectivity index (χ0v) is 12.8. The van der Waals surface area contributed by atoms with Crippen molar-refractivity contribution in [1.29, 1.82) is 0 Å². The summed E-state index contributed by atoms with van der Waals surface area (Å²) in [5.74, 6) is 0. The van der Waals surface area contributed by atoms with Gasteiger partial charge in [-0.3, -0.25) is 4.68 Å². The lowest BCUT2D eigenvalue weighted by Gasteiger charge is -2.21. The minimum Gasteiger partial charge on any atom is -0.302 e. The molecule has 1 saturated carbocycles. The Balaban J connectivity index is 1.54. The van der Waals surface area contributed by atoms with Gasteiger partial charge in [-0.25, -0.2) is 4.98 Å². The summed E-state index contributed by atoms with van der Waals surface area (Å²) in [5.41, 5.74) is 1.12. The molecule has 2 aromatic heterocycles. The van der Waals surface area contributed by atoms with Gasteiger partial charge < -0.3 is 5.32 Å². The smallest absolute Gasteiger partial charge is 0.109 e. The third kappa shape index (κ3) is 3.27. The van der Waals surface area contributed by atoms with Crippen LogP contribution in [0.1, 0.15) is 61.8 Å². The molecule has 108 valence electrons. The van der Waals surface area contributed by atoms with Crippen molar-refractivity contribution in [2.45, 2.75) is 57.7 Å². The summed E-state index contributed by atoms with van der Waals surface area (Å²) in [5, 5.41) is 11.4. The molecule has 0 bridgehead atoms. The predicted molar refractivity (Wildman–Crippen MR) is 81.7 cm³/mol. The van der Waals surface area contributed by atoms with Gasteiger partial charge in [-0.05, 0) is 25.8 Å². The minimum atomic E-state index is 0.287. The van der Waals surface area contributed by atoms with Gasteiger partial charge in [0.05, 0.1) is 17.8 Å². The first-order chi connectivity index (χ1) is 9.83. The highest BCUT2D eigenvalue weighted by molar-refractivity contribution is 7.09. The summed E-state index contributed by atoms with van der Waals surface area (Å²) in [6.07, 6.45) is 10.6. The molecule has 3 rings (SSSR count). The molecule has 0 amide bonds. The van der Waals surface area contributed by atoms with E-state index in [1.165, 1.54) is 32.1 Å². The Bertz CT molecular complexity index is 514. The second kappa shape index (κ2) is 6.50. The summed E-state index contributed by atoms with van der Waals surface area (Å²) in [6, 6.07) is 3.04. The van der Waals surface area contributed by atoms with E-state index in [1.807, 2.05) is 11.6 Å². The van der Waals surface area contributed by atoms with Gasteiger partial charge in [-0.2, -0.15) is 5.10 Å². The van der Waals surface area contributed by atoms with E-state index >= 15 is 0 Å². The van der Waals surface area contributed by atoms with Crippen LogP contribution >= 0.6 is 11.3 Å². The number of thiazole rings is 1. The molecule has 1 N–H and O–H groups in total. The van der Waals surface area contributed by atoms with Crippen LogP contribution in [0.5, 0.6) is 0 Å². The fourth-order valence-electron chi connectivity index (χ4n) is 2.81. The number of nitrogens with zero attached hydrogens (tertiary/aromatic N) is 3. The summed E-state index contributed by atoms with van der Waals surface area (Å²) in [6.45, 7) is 2.96. The molecule has 1 aliphatic carbocycles. The van der Waals surface area contributed by atoms with Crippen molar-refractivity contribution in [2.75, 3.05) is 0 Å². The summed E-state index contributed by atoms with van der Waals surface area (Å²) >= 11 is 1.69.